The third-order valence-corrected chi connectivity index (χ3v) is 5.43. The van der Waals surface area contributed by atoms with Crippen molar-refractivity contribution in [2.75, 3.05) is 21.3 Å². The van der Waals surface area contributed by atoms with Crippen molar-refractivity contribution in [2.24, 2.45) is 0 Å². The minimum absolute atomic E-state index is 0.141. The molecule has 1 heterocycles. The highest BCUT2D eigenvalue weighted by atomic mass is 16.5. The summed E-state index contributed by atoms with van der Waals surface area (Å²) in [5.74, 6) is 0.667. The molecule has 1 unspecified atom stereocenters. The lowest BCUT2D eigenvalue weighted by Crippen LogP contribution is -2.40. The van der Waals surface area contributed by atoms with Crippen LogP contribution in [0.1, 0.15) is 22.3 Å². The SMILES string of the molecule is COc1cc(C(=O)C2=CC=C(c3ccccc3)CC2(O)n2cncn2)cc(OC)c1OC. The molecule has 0 aliphatic heterocycles. The van der Waals surface area contributed by atoms with Gasteiger partial charge in [-0.15, -0.1) is 0 Å². The molecule has 8 heteroatoms. The van der Waals surface area contributed by atoms with E-state index < -0.39 is 11.5 Å². The second-order valence-electron chi connectivity index (χ2n) is 7.21. The van der Waals surface area contributed by atoms with E-state index in [1.807, 2.05) is 36.4 Å². The van der Waals surface area contributed by atoms with Crippen LogP contribution in [0.2, 0.25) is 0 Å². The number of rotatable bonds is 7. The van der Waals surface area contributed by atoms with E-state index in [0.29, 0.717) is 17.2 Å². The van der Waals surface area contributed by atoms with Gasteiger partial charge in [0.15, 0.2) is 23.0 Å². The van der Waals surface area contributed by atoms with E-state index >= 15 is 0 Å². The molecular weight excluding hydrogens is 410 g/mol. The summed E-state index contributed by atoms with van der Waals surface area (Å²) in [6.07, 6.45) is 6.32. The van der Waals surface area contributed by atoms with Gasteiger partial charge in [-0.25, -0.2) is 9.67 Å². The smallest absolute Gasteiger partial charge is 0.203 e. The summed E-state index contributed by atoms with van der Waals surface area (Å²) < 4.78 is 17.4. The average molecular weight is 433 g/mol. The number of aromatic nitrogens is 3. The second-order valence-corrected chi connectivity index (χ2v) is 7.21. The fourth-order valence-electron chi connectivity index (χ4n) is 3.82. The number of hydrogen-bond donors (Lipinski definition) is 1. The molecule has 0 saturated heterocycles. The van der Waals surface area contributed by atoms with E-state index in [-0.39, 0.29) is 17.6 Å². The Morgan fingerprint density at radius 1 is 1.03 bits per heavy atom. The van der Waals surface area contributed by atoms with Gasteiger partial charge in [-0.05, 0) is 29.3 Å². The van der Waals surface area contributed by atoms with Gasteiger partial charge < -0.3 is 19.3 Å². The first kappa shape index (κ1) is 21.3. The van der Waals surface area contributed by atoms with Gasteiger partial charge in [0.05, 0.1) is 26.9 Å². The third kappa shape index (κ3) is 3.65. The molecule has 1 atom stereocenters. The van der Waals surface area contributed by atoms with E-state index in [0.717, 1.165) is 11.1 Å². The summed E-state index contributed by atoms with van der Waals surface area (Å²) in [6.45, 7) is 0. The first-order valence-electron chi connectivity index (χ1n) is 9.90. The van der Waals surface area contributed by atoms with Crippen molar-refractivity contribution >= 4 is 11.4 Å². The fourth-order valence-corrected chi connectivity index (χ4v) is 3.82. The maximum Gasteiger partial charge on any atom is 0.203 e. The molecule has 1 aliphatic carbocycles. The zero-order valence-corrected chi connectivity index (χ0v) is 18.0. The Hall–Kier alpha value is -3.91. The largest absolute Gasteiger partial charge is 0.493 e. The first-order chi connectivity index (χ1) is 15.5. The van der Waals surface area contributed by atoms with E-state index in [1.165, 1.54) is 38.7 Å². The van der Waals surface area contributed by atoms with Crippen LogP contribution in [0.3, 0.4) is 0 Å². The van der Waals surface area contributed by atoms with Gasteiger partial charge >= 0.3 is 0 Å². The predicted molar refractivity (Wildman–Crippen MR) is 118 cm³/mol. The summed E-state index contributed by atoms with van der Waals surface area (Å²) in [6, 6.07) is 12.8. The summed E-state index contributed by atoms with van der Waals surface area (Å²) in [4.78, 5) is 17.6. The van der Waals surface area contributed by atoms with Gasteiger partial charge in [-0.2, -0.15) is 5.10 Å². The van der Waals surface area contributed by atoms with Crippen LogP contribution in [-0.4, -0.2) is 47.0 Å². The minimum atomic E-state index is -1.73. The number of allylic oxidation sites excluding steroid dienone is 2. The summed E-state index contributed by atoms with van der Waals surface area (Å²) >= 11 is 0. The van der Waals surface area contributed by atoms with Crippen LogP contribution >= 0.6 is 0 Å². The average Bonchev–Trinajstić information content (AvgIpc) is 3.39. The molecule has 1 aliphatic rings. The standard InChI is InChI=1S/C24H23N3O5/c1-30-20-11-18(12-21(31-2)23(20)32-3)22(28)19-10-9-17(16-7-5-4-6-8-16)13-24(19,29)27-15-25-14-26-27/h4-12,14-15,29H,13H2,1-3H3. The number of aliphatic hydroxyl groups is 1. The van der Waals surface area contributed by atoms with Gasteiger partial charge in [0.1, 0.15) is 12.7 Å². The van der Waals surface area contributed by atoms with Crippen molar-refractivity contribution in [1.29, 1.82) is 0 Å². The van der Waals surface area contributed by atoms with Gasteiger partial charge in [-0.1, -0.05) is 36.4 Å². The quantitative estimate of drug-likeness (QED) is 0.572. The number of hydrogen-bond acceptors (Lipinski definition) is 7. The van der Waals surface area contributed by atoms with Gasteiger partial charge in [0, 0.05) is 12.0 Å². The van der Waals surface area contributed by atoms with Crippen LogP contribution in [0.5, 0.6) is 17.2 Å². The van der Waals surface area contributed by atoms with Crippen LogP contribution < -0.4 is 14.2 Å². The van der Waals surface area contributed by atoms with Crippen LogP contribution in [0.15, 0.2) is 72.8 Å². The molecule has 164 valence electrons. The molecule has 0 saturated carbocycles. The number of benzene rings is 2. The van der Waals surface area contributed by atoms with Crippen LogP contribution in [0, 0.1) is 0 Å². The zero-order chi connectivity index (χ0) is 22.7. The minimum Gasteiger partial charge on any atom is -0.493 e. The number of Topliss-reactive ketones (excluding diaryl/α,β-unsaturated/α-hetero) is 1. The highest BCUT2D eigenvalue weighted by Crippen LogP contribution is 2.42. The summed E-state index contributed by atoms with van der Waals surface area (Å²) in [5.41, 5.74) is 0.512. The fraction of sp³-hybridized carbons (Fsp3) is 0.208. The Morgan fingerprint density at radius 2 is 1.72 bits per heavy atom. The molecule has 4 rings (SSSR count). The van der Waals surface area contributed by atoms with Gasteiger partial charge in [0.25, 0.3) is 0 Å². The third-order valence-electron chi connectivity index (χ3n) is 5.43. The summed E-state index contributed by atoms with van der Waals surface area (Å²) in [7, 11) is 4.45. The van der Waals surface area contributed by atoms with E-state index in [9.17, 15) is 9.90 Å². The van der Waals surface area contributed by atoms with Crippen molar-refractivity contribution < 1.29 is 24.1 Å². The highest BCUT2D eigenvalue weighted by Gasteiger charge is 2.42. The topological polar surface area (TPSA) is 95.7 Å². The molecule has 0 bridgehead atoms. The van der Waals surface area contributed by atoms with Crippen LogP contribution in [0.4, 0.5) is 0 Å². The maximum atomic E-state index is 13.6. The van der Waals surface area contributed by atoms with Crippen molar-refractivity contribution in [2.45, 2.75) is 12.1 Å². The number of methoxy groups -OCH3 is 3. The number of nitrogens with zero attached hydrogens (tertiary/aromatic N) is 3. The number of carbonyl (C=O) groups is 1. The van der Waals surface area contributed by atoms with Crippen molar-refractivity contribution in [1.82, 2.24) is 14.8 Å². The van der Waals surface area contributed by atoms with Crippen molar-refractivity contribution in [3.8, 4) is 17.2 Å². The first-order valence-corrected chi connectivity index (χ1v) is 9.90. The molecule has 1 N–H and O–H groups in total. The molecular formula is C24H23N3O5. The Labute approximate surface area is 185 Å². The Morgan fingerprint density at radius 3 is 2.28 bits per heavy atom. The molecule has 0 amide bonds. The molecule has 0 fully saturated rings. The zero-order valence-electron chi connectivity index (χ0n) is 18.0. The monoisotopic (exact) mass is 433 g/mol. The van der Waals surface area contributed by atoms with Crippen molar-refractivity contribution in [3.05, 3.63) is 84.0 Å². The summed E-state index contributed by atoms with van der Waals surface area (Å²) in [5, 5.41) is 15.9. The predicted octanol–water partition coefficient (Wildman–Crippen LogP) is 3.25. The molecule has 2 aromatic carbocycles. The van der Waals surface area contributed by atoms with Crippen LogP contribution in [0.25, 0.3) is 5.57 Å². The lowest BCUT2D eigenvalue weighted by molar-refractivity contribution is -0.00690. The number of carbonyl (C=O) groups excluding carboxylic acids is 1. The Balaban J connectivity index is 1.83. The van der Waals surface area contributed by atoms with Crippen LogP contribution in [-0.2, 0) is 5.72 Å². The molecule has 3 aromatic rings. The highest BCUT2D eigenvalue weighted by molar-refractivity contribution is 6.11. The second kappa shape index (κ2) is 8.68. The van der Waals surface area contributed by atoms with E-state index in [4.69, 9.17) is 14.2 Å². The van der Waals surface area contributed by atoms with Gasteiger partial charge in [0.2, 0.25) is 5.75 Å². The molecule has 1 aromatic heterocycles. The molecule has 8 nitrogen and oxygen atoms in total. The molecule has 32 heavy (non-hydrogen) atoms. The maximum absolute atomic E-state index is 13.6. The lowest BCUT2D eigenvalue weighted by atomic mass is 9.83. The van der Waals surface area contributed by atoms with Gasteiger partial charge in [-0.3, -0.25) is 4.79 Å². The molecule has 0 radical (unpaired) electrons. The normalized spacial score (nSPS) is 17.9. The van der Waals surface area contributed by atoms with E-state index in [2.05, 4.69) is 10.1 Å². The Kier molecular flexibility index (Phi) is 5.79. The number of ketones is 1. The van der Waals surface area contributed by atoms with E-state index in [1.54, 1.807) is 18.2 Å². The number of ether oxygens (including phenoxy) is 3. The Bertz CT molecular complexity index is 1160. The van der Waals surface area contributed by atoms with Crippen molar-refractivity contribution in [3.63, 3.8) is 0 Å². The lowest BCUT2D eigenvalue weighted by Gasteiger charge is -2.33. The molecule has 0 spiro atoms.